The van der Waals surface area contributed by atoms with Crippen molar-refractivity contribution in [1.82, 2.24) is 0 Å². The van der Waals surface area contributed by atoms with Crippen molar-refractivity contribution in [3.63, 3.8) is 0 Å². The number of ether oxygens (including phenoxy) is 1. The molecule has 1 aliphatic rings. The third-order valence-electron chi connectivity index (χ3n) is 2.89. The van der Waals surface area contributed by atoms with Crippen LogP contribution in [0, 0.1) is 6.92 Å². The van der Waals surface area contributed by atoms with Gasteiger partial charge in [-0.3, -0.25) is 9.59 Å². The van der Waals surface area contributed by atoms with Crippen molar-refractivity contribution in [3.05, 3.63) is 29.3 Å². The van der Waals surface area contributed by atoms with Gasteiger partial charge in [-0.15, -0.1) is 0 Å². The van der Waals surface area contributed by atoms with E-state index in [1.807, 2.05) is 19.1 Å². The number of amides is 1. The van der Waals surface area contributed by atoms with E-state index >= 15 is 0 Å². The summed E-state index contributed by atoms with van der Waals surface area (Å²) < 4.78 is 5.08. The molecule has 1 fully saturated rings. The molecule has 0 spiro atoms. The molecular formula is C13H15NO3. The lowest BCUT2D eigenvalue weighted by atomic mass is 10.0. The van der Waals surface area contributed by atoms with Crippen LogP contribution in [0.25, 0.3) is 0 Å². The molecule has 0 aromatic heterocycles. The SMILES string of the molecule is CC(=O)c1ccc(N2CCOCC2=O)cc1C. The molecule has 0 bridgehead atoms. The van der Waals surface area contributed by atoms with Crippen LogP contribution in [0.1, 0.15) is 22.8 Å². The van der Waals surface area contributed by atoms with Gasteiger partial charge in [0, 0.05) is 17.8 Å². The smallest absolute Gasteiger partial charge is 0.253 e. The van der Waals surface area contributed by atoms with E-state index in [1.165, 1.54) is 0 Å². The second kappa shape index (κ2) is 4.67. The molecule has 1 aromatic rings. The van der Waals surface area contributed by atoms with Gasteiger partial charge in [0.15, 0.2) is 5.78 Å². The monoisotopic (exact) mass is 233 g/mol. The Bertz CT molecular complexity index is 468. The molecule has 1 amide bonds. The van der Waals surface area contributed by atoms with Crippen molar-refractivity contribution in [2.75, 3.05) is 24.7 Å². The molecule has 2 rings (SSSR count). The van der Waals surface area contributed by atoms with E-state index < -0.39 is 0 Å². The third-order valence-corrected chi connectivity index (χ3v) is 2.89. The average Bonchev–Trinajstić information content (AvgIpc) is 2.29. The lowest BCUT2D eigenvalue weighted by molar-refractivity contribution is -0.125. The van der Waals surface area contributed by atoms with Crippen molar-refractivity contribution in [3.8, 4) is 0 Å². The molecule has 90 valence electrons. The highest BCUT2D eigenvalue weighted by molar-refractivity contribution is 5.98. The Hall–Kier alpha value is -1.68. The first-order chi connectivity index (χ1) is 8.09. The number of carbonyl (C=O) groups excluding carboxylic acids is 2. The van der Waals surface area contributed by atoms with Gasteiger partial charge >= 0.3 is 0 Å². The number of morpholine rings is 1. The van der Waals surface area contributed by atoms with Gasteiger partial charge in [-0.05, 0) is 37.6 Å². The summed E-state index contributed by atoms with van der Waals surface area (Å²) in [6, 6.07) is 5.46. The van der Waals surface area contributed by atoms with Gasteiger partial charge < -0.3 is 9.64 Å². The van der Waals surface area contributed by atoms with Crippen molar-refractivity contribution < 1.29 is 14.3 Å². The summed E-state index contributed by atoms with van der Waals surface area (Å²) in [6.07, 6.45) is 0. The quantitative estimate of drug-likeness (QED) is 0.728. The minimum atomic E-state index is -0.0359. The van der Waals surface area contributed by atoms with Gasteiger partial charge in [0.2, 0.25) is 0 Å². The van der Waals surface area contributed by atoms with Gasteiger partial charge in [0.1, 0.15) is 6.61 Å². The van der Waals surface area contributed by atoms with Crippen LogP contribution in [0.15, 0.2) is 18.2 Å². The number of aryl methyl sites for hydroxylation is 1. The summed E-state index contributed by atoms with van der Waals surface area (Å²) in [5.74, 6) is 0.00794. The Morgan fingerprint density at radius 2 is 2.18 bits per heavy atom. The van der Waals surface area contributed by atoms with Crippen LogP contribution in [-0.2, 0) is 9.53 Å². The van der Waals surface area contributed by atoms with Crippen LogP contribution in [0.5, 0.6) is 0 Å². The fourth-order valence-electron chi connectivity index (χ4n) is 2.00. The Morgan fingerprint density at radius 3 is 2.76 bits per heavy atom. The van der Waals surface area contributed by atoms with Crippen LogP contribution < -0.4 is 4.90 Å². The molecule has 0 radical (unpaired) electrons. The van der Waals surface area contributed by atoms with Crippen molar-refractivity contribution in [2.24, 2.45) is 0 Å². The first-order valence-electron chi connectivity index (χ1n) is 5.59. The van der Waals surface area contributed by atoms with E-state index in [4.69, 9.17) is 4.74 Å². The number of Topliss-reactive ketones (excluding diaryl/α,β-unsaturated/α-hetero) is 1. The minimum Gasteiger partial charge on any atom is -0.370 e. The summed E-state index contributed by atoms with van der Waals surface area (Å²) in [5, 5.41) is 0. The van der Waals surface area contributed by atoms with Gasteiger partial charge in [-0.2, -0.15) is 0 Å². The molecule has 0 aliphatic carbocycles. The number of hydrogen-bond acceptors (Lipinski definition) is 3. The molecule has 0 unspecified atom stereocenters. The fourth-order valence-corrected chi connectivity index (χ4v) is 2.00. The van der Waals surface area contributed by atoms with Crippen LogP contribution in [0.4, 0.5) is 5.69 Å². The number of benzene rings is 1. The summed E-state index contributed by atoms with van der Waals surface area (Å²) in [4.78, 5) is 24.7. The molecule has 4 nitrogen and oxygen atoms in total. The second-order valence-electron chi connectivity index (χ2n) is 4.15. The van der Waals surface area contributed by atoms with E-state index in [2.05, 4.69) is 0 Å². The number of anilines is 1. The lowest BCUT2D eigenvalue weighted by Crippen LogP contribution is -2.41. The van der Waals surface area contributed by atoms with Crippen molar-refractivity contribution >= 4 is 17.4 Å². The van der Waals surface area contributed by atoms with Crippen LogP contribution >= 0.6 is 0 Å². The van der Waals surface area contributed by atoms with E-state index in [9.17, 15) is 9.59 Å². The maximum absolute atomic E-state index is 11.7. The number of hydrogen-bond donors (Lipinski definition) is 0. The number of carbonyl (C=O) groups is 2. The van der Waals surface area contributed by atoms with Crippen LogP contribution in [-0.4, -0.2) is 31.4 Å². The average molecular weight is 233 g/mol. The molecule has 0 atom stereocenters. The van der Waals surface area contributed by atoms with Gasteiger partial charge in [0.05, 0.1) is 6.61 Å². The van der Waals surface area contributed by atoms with Crippen molar-refractivity contribution in [2.45, 2.75) is 13.8 Å². The van der Waals surface area contributed by atoms with Gasteiger partial charge in [-0.25, -0.2) is 0 Å². The highest BCUT2D eigenvalue weighted by atomic mass is 16.5. The number of ketones is 1. The molecule has 4 heteroatoms. The lowest BCUT2D eigenvalue weighted by Gasteiger charge is -2.27. The topological polar surface area (TPSA) is 46.6 Å². The van der Waals surface area contributed by atoms with Crippen LogP contribution in [0.2, 0.25) is 0 Å². The molecule has 1 saturated heterocycles. The molecule has 1 aromatic carbocycles. The summed E-state index contributed by atoms with van der Waals surface area (Å²) in [5.41, 5.74) is 2.43. The third kappa shape index (κ3) is 2.36. The van der Waals surface area contributed by atoms with Crippen LogP contribution in [0.3, 0.4) is 0 Å². The Labute approximate surface area is 100 Å². The molecule has 1 aliphatic heterocycles. The molecule has 0 saturated carbocycles. The normalized spacial score (nSPS) is 16.1. The predicted molar refractivity (Wildman–Crippen MR) is 64.4 cm³/mol. The molecule has 17 heavy (non-hydrogen) atoms. The van der Waals surface area contributed by atoms with E-state index in [0.29, 0.717) is 18.7 Å². The van der Waals surface area contributed by atoms with Gasteiger partial charge in [-0.1, -0.05) is 0 Å². The standard InChI is InChI=1S/C13H15NO3/c1-9-7-11(3-4-12(9)10(2)15)14-5-6-17-8-13(14)16/h3-4,7H,5-6,8H2,1-2H3. The first-order valence-corrected chi connectivity index (χ1v) is 5.59. The maximum atomic E-state index is 11.7. The Balaban J connectivity index is 2.30. The summed E-state index contributed by atoms with van der Waals surface area (Å²) in [6.45, 7) is 4.68. The zero-order chi connectivity index (χ0) is 12.4. The highest BCUT2D eigenvalue weighted by Gasteiger charge is 2.20. The first kappa shape index (κ1) is 11.8. The zero-order valence-corrected chi connectivity index (χ0v) is 10.0. The largest absolute Gasteiger partial charge is 0.370 e. The van der Waals surface area contributed by atoms with Gasteiger partial charge in [0.25, 0.3) is 5.91 Å². The molecule has 1 heterocycles. The Kier molecular flexibility index (Phi) is 3.24. The van der Waals surface area contributed by atoms with E-state index in [-0.39, 0.29) is 18.3 Å². The number of rotatable bonds is 2. The summed E-state index contributed by atoms with van der Waals surface area (Å²) >= 11 is 0. The number of nitrogens with zero attached hydrogens (tertiary/aromatic N) is 1. The molecular weight excluding hydrogens is 218 g/mol. The Morgan fingerprint density at radius 1 is 1.41 bits per heavy atom. The van der Waals surface area contributed by atoms with E-state index in [1.54, 1.807) is 17.9 Å². The maximum Gasteiger partial charge on any atom is 0.253 e. The van der Waals surface area contributed by atoms with E-state index in [0.717, 1.165) is 11.3 Å². The minimum absolute atomic E-state index is 0.0359. The summed E-state index contributed by atoms with van der Waals surface area (Å²) in [7, 11) is 0. The van der Waals surface area contributed by atoms with Crippen molar-refractivity contribution in [1.29, 1.82) is 0 Å². The fraction of sp³-hybridized carbons (Fsp3) is 0.385. The second-order valence-corrected chi connectivity index (χ2v) is 4.15. The predicted octanol–water partition coefficient (Wildman–Crippen LogP) is 1.56. The zero-order valence-electron chi connectivity index (χ0n) is 10.0. The molecule has 0 N–H and O–H groups in total. The highest BCUT2D eigenvalue weighted by Crippen LogP contribution is 2.21.